The Morgan fingerprint density at radius 1 is 1.71 bits per heavy atom. The fourth-order valence-electron chi connectivity index (χ4n) is 0.221. The van der Waals surface area contributed by atoms with Crippen LogP contribution in [0.5, 0.6) is 0 Å². The van der Waals surface area contributed by atoms with E-state index >= 15 is 0 Å². The third-order valence-corrected chi connectivity index (χ3v) is 0.369. The predicted octanol–water partition coefficient (Wildman–Crippen LogP) is -0.155. The van der Waals surface area contributed by atoms with E-state index in [1.807, 2.05) is 0 Å². The molecule has 0 unspecified atom stereocenters. The lowest BCUT2D eigenvalue weighted by molar-refractivity contribution is 0.218. The Morgan fingerprint density at radius 2 is 2.14 bits per heavy atom. The first-order chi connectivity index (χ1) is 3.13. The van der Waals surface area contributed by atoms with E-state index < -0.39 is 5.87 Å². The number of nitrogens with zero attached hydrogens (tertiary/aromatic N) is 1. The first-order valence-corrected chi connectivity index (χ1v) is 1.87. The Bertz CT molecular complexity index is 73.3. The molecule has 39 valence electrons. The van der Waals surface area contributed by atoms with Gasteiger partial charge in [0.25, 0.3) is 5.87 Å². The minimum atomic E-state index is -0.912. The van der Waals surface area contributed by atoms with E-state index in [2.05, 4.69) is 0 Å². The van der Waals surface area contributed by atoms with Crippen LogP contribution in [-0.4, -0.2) is 37.3 Å². The summed E-state index contributed by atoms with van der Waals surface area (Å²) in [5.41, 5.74) is 0. The van der Waals surface area contributed by atoms with Crippen LogP contribution in [0.2, 0.25) is 0 Å². The highest BCUT2D eigenvalue weighted by Gasteiger charge is 2.00. The van der Waals surface area contributed by atoms with Crippen LogP contribution in [0.25, 0.3) is 0 Å². The fraction of sp³-hybridized carbons (Fsp3) is 0.667. The molecule has 7 heavy (non-hydrogen) atoms. The van der Waals surface area contributed by atoms with Crippen LogP contribution < -0.4 is 0 Å². The van der Waals surface area contributed by atoms with Gasteiger partial charge in [-0.3, -0.25) is 4.79 Å². The van der Waals surface area contributed by atoms with Crippen molar-refractivity contribution >= 4 is 13.3 Å². The Labute approximate surface area is 43.2 Å². The van der Waals surface area contributed by atoms with Gasteiger partial charge in [-0.2, -0.15) is 0 Å². The predicted molar refractivity (Wildman–Crippen MR) is 27.5 cm³/mol. The van der Waals surface area contributed by atoms with Crippen molar-refractivity contribution in [3.63, 3.8) is 0 Å². The van der Waals surface area contributed by atoms with Gasteiger partial charge in [-0.25, -0.2) is 0 Å². The van der Waals surface area contributed by atoms with Crippen LogP contribution in [0.4, 0.5) is 4.79 Å². The molecule has 0 aliphatic carbocycles. The zero-order chi connectivity index (χ0) is 5.86. The van der Waals surface area contributed by atoms with Crippen LogP contribution in [0.3, 0.4) is 0 Å². The number of hydrogen-bond acceptors (Lipinski definition) is 2. The molecule has 0 rings (SSSR count). The quantitative estimate of drug-likeness (QED) is 0.490. The van der Waals surface area contributed by atoms with Crippen molar-refractivity contribution in [1.29, 1.82) is 0 Å². The van der Waals surface area contributed by atoms with Crippen LogP contribution in [0.1, 0.15) is 0 Å². The van der Waals surface area contributed by atoms with Gasteiger partial charge in [0, 0.05) is 0 Å². The summed E-state index contributed by atoms with van der Waals surface area (Å²) in [6, 6.07) is 0. The minimum Gasteiger partial charge on any atom is -0.488 e. The molecule has 0 heterocycles. The van der Waals surface area contributed by atoms with Gasteiger partial charge in [-0.05, 0) is 14.1 Å². The van der Waals surface area contributed by atoms with Gasteiger partial charge in [0.2, 0.25) is 0 Å². The summed E-state index contributed by atoms with van der Waals surface area (Å²) in [5, 5.41) is 7.99. The maximum absolute atomic E-state index is 9.71. The third kappa shape index (κ3) is 5.49. The molecule has 0 aromatic rings. The molecule has 0 saturated carbocycles. The van der Waals surface area contributed by atoms with Crippen molar-refractivity contribution in [3.8, 4) is 0 Å². The Kier molecular flexibility index (Phi) is 2.44. The summed E-state index contributed by atoms with van der Waals surface area (Å²) in [6.07, 6.45) is 0. The van der Waals surface area contributed by atoms with Gasteiger partial charge in [-0.15, -0.1) is 0 Å². The molecule has 1 radical (unpaired) electrons. The second-order valence-corrected chi connectivity index (χ2v) is 1.43. The molecule has 0 aliphatic rings. The molecule has 0 aromatic carbocycles. The van der Waals surface area contributed by atoms with E-state index in [0.29, 0.717) is 0 Å². The van der Waals surface area contributed by atoms with Gasteiger partial charge >= 0.3 is 7.41 Å². The van der Waals surface area contributed by atoms with Crippen molar-refractivity contribution in [2.24, 2.45) is 0 Å². The maximum Gasteiger partial charge on any atom is 0.356 e. The Morgan fingerprint density at radius 3 is 2.14 bits per heavy atom. The largest absolute Gasteiger partial charge is 0.488 e. The molecule has 0 aromatic heterocycles. The van der Waals surface area contributed by atoms with Crippen LogP contribution >= 0.6 is 0 Å². The molecule has 0 atom stereocenters. The van der Waals surface area contributed by atoms with E-state index in [-0.39, 0.29) is 0 Å². The SMILES string of the molecule is CN(C)[B]C(=O)O. The molecule has 0 aliphatic heterocycles. The summed E-state index contributed by atoms with van der Waals surface area (Å²) in [6.45, 7) is 0. The summed E-state index contributed by atoms with van der Waals surface area (Å²) < 4.78 is 0. The average molecular weight is 99.9 g/mol. The zero-order valence-electron chi connectivity index (χ0n) is 4.38. The van der Waals surface area contributed by atoms with E-state index in [9.17, 15) is 4.79 Å². The standard InChI is InChI=1S/C3H7BNO2/c1-5(2)4-3(6)7/h1-2H3,(H,6,7). The second-order valence-electron chi connectivity index (χ2n) is 1.43. The van der Waals surface area contributed by atoms with E-state index in [1.54, 1.807) is 14.1 Å². The van der Waals surface area contributed by atoms with Gasteiger partial charge in [0.15, 0.2) is 0 Å². The van der Waals surface area contributed by atoms with Gasteiger partial charge < -0.3 is 9.92 Å². The first-order valence-electron chi connectivity index (χ1n) is 1.87. The lowest BCUT2D eigenvalue weighted by Crippen LogP contribution is -2.24. The van der Waals surface area contributed by atoms with Crippen LogP contribution in [0.15, 0.2) is 0 Å². The van der Waals surface area contributed by atoms with E-state index in [4.69, 9.17) is 5.11 Å². The van der Waals surface area contributed by atoms with Gasteiger partial charge in [0.1, 0.15) is 0 Å². The molecule has 4 heteroatoms. The van der Waals surface area contributed by atoms with Crippen LogP contribution in [0, 0.1) is 0 Å². The number of rotatable bonds is 2. The molecule has 0 saturated heterocycles. The minimum absolute atomic E-state index is 0.912. The summed E-state index contributed by atoms with van der Waals surface area (Å²) >= 11 is 0. The maximum atomic E-state index is 9.71. The molecular formula is C3H7BNO2. The van der Waals surface area contributed by atoms with Gasteiger partial charge in [-0.1, -0.05) is 0 Å². The van der Waals surface area contributed by atoms with Crippen LogP contribution in [-0.2, 0) is 0 Å². The smallest absolute Gasteiger partial charge is 0.356 e. The number of carbonyl (C=O) groups is 1. The lowest BCUT2D eigenvalue weighted by Gasteiger charge is -1.99. The van der Waals surface area contributed by atoms with Crippen molar-refractivity contribution < 1.29 is 9.90 Å². The molecule has 1 N–H and O–H groups in total. The number of carboxylic acid groups (broad SMARTS) is 1. The van der Waals surface area contributed by atoms with Crippen molar-refractivity contribution in [2.75, 3.05) is 14.1 Å². The molecule has 0 amide bonds. The Balaban J connectivity index is 3.13. The highest BCUT2D eigenvalue weighted by Crippen LogP contribution is 1.68. The first kappa shape index (κ1) is 6.49. The Hall–Kier alpha value is -0.505. The van der Waals surface area contributed by atoms with Crippen molar-refractivity contribution in [2.45, 2.75) is 0 Å². The molecule has 0 bridgehead atoms. The fourth-order valence-corrected chi connectivity index (χ4v) is 0.221. The highest BCUT2D eigenvalue weighted by atomic mass is 16.4. The highest BCUT2D eigenvalue weighted by molar-refractivity contribution is 6.69. The lowest BCUT2D eigenvalue weighted by atomic mass is 9.94. The van der Waals surface area contributed by atoms with E-state index in [1.165, 1.54) is 4.81 Å². The normalized spacial score (nSPS) is 9.00. The van der Waals surface area contributed by atoms with Crippen molar-refractivity contribution in [1.82, 2.24) is 4.81 Å². The van der Waals surface area contributed by atoms with Crippen molar-refractivity contribution in [3.05, 3.63) is 0 Å². The monoisotopic (exact) mass is 100 g/mol. The topological polar surface area (TPSA) is 40.5 Å². The molecule has 0 fully saturated rings. The number of hydrogen-bond donors (Lipinski definition) is 1. The molecule has 0 spiro atoms. The second kappa shape index (κ2) is 2.63. The average Bonchev–Trinajstić information content (AvgIpc) is 1.27. The third-order valence-electron chi connectivity index (χ3n) is 0.369. The summed E-state index contributed by atoms with van der Waals surface area (Å²) in [5.74, 6) is -0.912. The van der Waals surface area contributed by atoms with E-state index in [0.717, 1.165) is 7.41 Å². The molecular weight excluding hydrogens is 92.8 g/mol. The summed E-state index contributed by atoms with van der Waals surface area (Å²) in [7, 11) is 4.40. The van der Waals surface area contributed by atoms with Gasteiger partial charge in [0.05, 0.1) is 0 Å². The summed E-state index contributed by atoms with van der Waals surface area (Å²) in [4.78, 5) is 11.2. The zero-order valence-corrected chi connectivity index (χ0v) is 4.38. The molecule has 3 nitrogen and oxygen atoms in total.